The zero-order valence-electron chi connectivity index (χ0n) is 24.4. The van der Waals surface area contributed by atoms with E-state index in [-0.39, 0.29) is 0 Å². The predicted molar refractivity (Wildman–Crippen MR) is 158 cm³/mol. The molecule has 0 radical (unpaired) electrons. The van der Waals surface area contributed by atoms with E-state index in [0.717, 1.165) is 0 Å². The highest BCUT2D eigenvalue weighted by molar-refractivity contribution is 4.53. The van der Waals surface area contributed by atoms with Gasteiger partial charge in [0.25, 0.3) is 0 Å². The van der Waals surface area contributed by atoms with Crippen molar-refractivity contribution in [1.82, 2.24) is 5.32 Å². The molecule has 0 aromatic carbocycles. The highest BCUT2D eigenvalue weighted by atomic mass is 14.8. The van der Waals surface area contributed by atoms with Crippen molar-refractivity contribution in [2.75, 3.05) is 13.1 Å². The van der Waals surface area contributed by atoms with Gasteiger partial charge in [-0.3, -0.25) is 0 Å². The Kier molecular flexibility index (Phi) is 32.9. The van der Waals surface area contributed by atoms with Crippen molar-refractivity contribution in [3.63, 3.8) is 0 Å². The lowest BCUT2D eigenvalue weighted by molar-refractivity contribution is 0.517. The molecule has 0 aliphatic heterocycles. The van der Waals surface area contributed by atoms with E-state index in [1.54, 1.807) is 0 Å². The fourth-order valence-corrected chi connectivity index (χ4v) is 5.19. The van der Waals surface area contributed by atoms with Gasteiger partial charge < -0.3 is 5.32 Å². The molecule has 0 atom stereocenters. The Bertz CT molecular complexity index is 295. The first-order chi connectivity index (χ1) is 16.9. The molecule has 0 amide bonds. The average Bonchev–Trinajstić information content (AvgIpc) is 2.85. The third-order valence-electron chi connectivity index (χ3n) is 7.66. The van der Waals surface area contributed by atoms with Gasteiger partial charge in [0.1, 0.15) is 0 Å². The van der Waals surface area contributed by atoms with Crippen LogP contribution in [0.4, 0.5) is 0 Å². The van der Waals surface area contributed by atoms with Crippen LogP contribution in [0.5, 0.6) is 0 Å². The molecule has 206 valence electrons. The first-order valence-electron chi connectivity index (χ1n) is 16.6. The third-order valence-corrected chi connectivity index (χ3v) is 7.66. The van der Waals surface area contributed by atoms with Crippen LogP contribution in [0, 0.1) is 0 Å². The Hall–Kier alpha value is -0.0400. The van der Waals surface area contributed by atoms with Gasteiger partial charge in [0.15, 0.2) is 0 Å². The average molecular weight is 480 g/mol. The van der Waals surface area contributed by atoms with Crippen LogP contribution in [-0.2, 0) is 0 Å². The lowest BCUT2D eigenvalue weighted by Crippen LogP contribution is -2.16. The summed E-state index contributed by atoms with van der Waals surface area (Å²) in [5.74, 6) is 0. The summed E-state index contributed by atoms with van der Waals surface area (Å²) < 4.78 is 0. The Morgan fingerprint density at radius 3 is 0.618 bits per heavy atom. The summed E-state index contributed by atoms with van der Waals surface area (Å²) in [6, 6.07) is 0. The zero-order chi connectivity index (χ0) is 24.6. The molecule has 0 rings (SSSR count). The SMILES string of the molecule is CCCCCCCCCCCCCCCCCNCCCCCCCCCCCCCCCC. The molecule has 1 nitrogen and oxygen atoms in total. The lowest BCUT2D eigenvalue weighted by atomic mass is 10.0. The van der Waals surface area contributed by atoms with E-state index < -0.39 is 0 Å². The van der Waals surface area contributed by atoms with Gasteiger partial charge in [-0.2, -0.15) is 0 Å². The van der Waals surface area contributed by atoms with E-state index in [4.69, 9.17) is 0 Å². The second kappa shape index (κ2) is 33.0. The van der Waals surface area contributed by atoms with Crippen molar-refractivity contribution >= 4 is 0 Å². The summed E-state index contributed by atoms with van der Waals surface area (Å²) in [6.45, 7) is 7.10. The molecule has 1 N–H and O–H groups in total. The molecule has 0 aliphatic carbocycles. The normalized spacial score (nSPS) is 11.5. The van der Waals surface area contributed by atoms with Crippen LogP contribution in [0.15, 0.2) is 0 Å². The summed E-state index contributed by atoms with van der Waals surface area (Å²) >= 11 is 0. The second-order valence-corrected chi connectivity index (χ2v) is 11.3. The molecule has 0 unspecified atom stereocenters. The molecule has 0 aliphatic rings. The number of nitrogens with one attached hydrogen (secondary N) is 1. The lowest BCUT2D eigenvalue weighted by Gasteiger charge is -2.06. The van der Waals surface area contributed by atoms with Gasteiger partial charge in [0.05, 0.1) is 0 Å². The maximum atomic E-state index is 3.68. The highest BCUT2D eigenvalue weighted by Gasteiger charge is 1.96. The van der Waals surface area contributed by atoms with Gasteiger partial charge >= 0.3 is 0 Å². The number of hydrogen-bond acceptors (Lipinski definition) is 1. The number of hydrogen-bond donors (Lipinski definition) is 1. The molecule has 0 bridgehead atoms. The first kappa shape index (κ1) is 34.0. The van der Waals surface area contributed by atoms with Crippen molar-refractivity contribution in [3.8, 4) is 0 Å². The first-order valence-corrected chi connectivity index (χ1v) is 16.6. The second-order valence-electron chi connectivity index (χ2n) is 11.3. The summed E-state index contributed by atoms with van der Waals surface area (Å²) in [4.78, 5) is 0. The van der Waals surface area contributed by atoms with Crippen LogP contribution in [0.25, 0.3) is 0 Å². The van der Waals surface area contributed by atoms with Crippen molar-refractivity contribution in [1.29, 1.82) is 0 Å². The van der Waals surface area contributed by atoms with Gasteiger partial charge in [0.2, 0.25) is 0 Å². The van der Waals surface area contributed by atoms with Crippen molar-refractivity contribution in [3.05, 3.63) is 0 Å². The van der Waals surface area contributed by atoms with Crippen LogP contribution in [-0.4, -0.2) is 13.1 Å². The van der Waals surface area contributed by atoms with Crippen LogP contribution in [0.2, 0.25) is 0 Å². The topological polar surface area (TPSA) is 12.0 Å². The molecule has 0 saturated carbocycles. The minimum atomic E-state index is 1.25. The minimum Gasteiger partial charge on any atom is -0.317 e. The number of unbranched alkanes of at least 4 members (excludes halogenated alkanes) is 27. The standard InChI is InChI=1S/C33H69N/c1-3-5-7-9-11-13-15-17-19-21-23-25-27-29-31-33-34-32-30-28-26-24-22-20-18-16-14-12-10-8-6-4-2/h34H,3-33H2,1-2H3. The molecular weight excluding hydrogens is 410 g/mol. The van der Waals surface area contributed by atoms with Crippen LogP contribution < -0.4 is 5.32 Å². The monoisotopic (exact) mass is 480 g/mol. The van der Waals surface area contributed by atoms with E-state index in [1.807, 2.05) is 0 Å². The smallest absolute Gasteiger partial charge is 0.00489 e. The molecule has 1 heteroatoms. The van der Waals surface area contributed by atoms with E-state index in [1.165, 1.54) is 199 Å². The molecule has 34 heavy (non-hydrogen) atoms. The van der Waals surface area contributed by atoms with Crippen LogP contribution in [0.1, 0.15) is 200 Å². The fraction of sp³-hybridized carbons (Fsp3) is 1.00. The highest BCUT2D eigenvalue weighted by Crippen LogP contribution is 2.14. The summed E-state index contributed by atoms with van der Waals surface area (Å²) in [7, 11) is 0. The van der Waals surface area contributed by atoms with Gasteiger partial charge in [-0.15, -0.1) is 0 Å². The van der Waals surface area contributed by atoms with Gasteiger partial charge in [-0.1, -0.05) is 187 Å². The van der Waals surface area contributed by atoms with E-state index in [0.29, 0.717) is 0 Å². The third kappa shape index (κ3) is 32.0. The molecule has 0 fully saturated rings. The van der Waals surface area contributed by atoms with E-state index in [2.05, 4.69) is 19.2 Å². The van der Waals surface area contributed by atoms with Crippen LogP contribution in [0.3, 0.4) is 0 Å². The summed E-state index contributed by atoms with van der Waals surface area (Å²) in [5, 5.41) is 3.68. The molecular formula is C33H69N. The summed E-state index contributed by atoms with van der Waals surface area (Å²) in [5.41, 5.74) is 0. The molecule has 0 aromatic heterocycles. The van der Waals surface area contributed by atoms with Gasteiger partial charge in [-0.05, 0) is 25.9 Å². The van der Waals surface area contributed by atoms with Crippen molar-refractivity contribution < 1.29 is 0 Å². The minimum absolute atomic E-state index is 1.25. The number of rotatable bonds is 31. The maximum absolute atomic E-state index is 3.68. The van der Waals surface area contributed by atoms with Crippen molar-refractivity contribution in [2.24, 2.45) is 0 Å². The largest absolute Gasteiger partial charge is 0.317 e. The maximum Gasteiger partial charge on any atom is -0.00489 e. The predicted octanol–water partition coefficient (Wildman–Crippen LogP) is 11.9. The van der Waals surface area contributed by atoms with E-state index >= 15 is 0 Å². The van der Waals surface area contributed by atoms with Crippen LogP contribution >= 0.6 is 0 Å². The van der Waals surface area contributed by atoms with Crippen molar-refractivity contribution in [2.45, 2.75) is 200 Å². The Morgan fingerprint density at radius 2 is 0.412 bits per heavy atom. The Balaban J connectivity index is 2.99. The van der Waals surface area contributed by atoms with E-state index in [9.17, 15) is 0 Å². The van der Waals surface area contributed by atoms with Gasteiger partial charge in [-0.25, -0.2) is 0 Å². The Morgan fingerprint density at radius 1 is 0.235 bits per heavy atom. The zero-order valence-corrected chi connectivity index (χ0v) is 24.4. The Labute approximate surface area is 218 Å². The summed E-state index contributed by atoms with van der Waals surface area (Å²) in [6.07, 6.45) is 42.2. The molecule has 0 spiro atoms. The quantitative estimate of drug-likeness (QED) is 0.0974. The molecule has 0 heterocycles. The fourth-order valence-electron chi connectivity index (χ4n) is 5.19. The molecule has 0 saturated heterocycles. The van der Waals surface area contributed by atoms with Gasteiger partial charge in [0, 0.05) is 0 Å². The molecule has 0 aromatic rings.